The van der Waals surface area contributed by atoms with Crippen molar-refractivity contribution in [1.29, 1.82) is 0 Å². The first-order chi connectivity index (χ1) is 9.88. The van der Waals surface area contributed by atoms with Crippen molar-refractivity contribution in [2.75, 3.05) is 0 Å². The molecule has 0 aliphatic carbocycles. The van der Waals surface area contributed by atoms with Crippen LogP contribution in [-0.4, -0.2) is 24.5 Å². The SMILES string of the molecule is CC(NS(=O)(=O)c1ccc(CC(=O)O)s1)c1cccnc1. The summed E-state index contributed by atoms with van der Waals surface area (Å²) >= 11 is 0.958. The van der Waals surface area contributed by atoms with Crippen molar-refractivity contribution in [3.05, 3.63) is 47.1 Å². The van der Waals surface area contributed by atoms with Gasteiger partial charge in [-0.2, -0.15) is 0 Å². The molecule has 2 aromatic heterocycles. The molecule has 0 spiro atoms. The maximum Gasteiger partial charge on any atom is 0.308 e. The average Bonchev–Trinajstić information content (AvgIpc) is 2.88. The van der Waals surface area contributed by atoms with Crippen LogP contribution in [0, 0.1) is 0 Å². The summed E-state index contributed by atoms with van der Waals surface area (Å²) in [6, 6.07) is 6.03. The number of aromatic nitrogens is 1. The van der Waals surface area contributed by atoms with Crippen LogP contribution < -0.4 is 4.72 Å². The molecule has 112 valence electrons. The number of aliphatic carboxylic acids is 1. The van der Waals surface area contributed by atoms with Gasteiger partial charge in [-0.25, -0.2) is 13.1 Å². The highest BCUT2D eigenvalue weighted by Crippen LogP contribution is 2.24. The predicted molar refractivity (Wildman–Crippen MR) is 78.6 cm³/mol. The summed E-state index contributed by atoms with van der Waals surface area (Å²) in [4.78, 5) is 15.1. The fourth-order valence-electron chi connectivity index (χ4n) is 1.74. The van der Waals surface area contributed by atoms with Crippen LogP contribution >= 0.6 is 11.3 Å². The van der Waals surface area contributed by atoms with Gasteiger partial charge in [-0.1, -0.05) is 6.07 Å². The topological polar surface area (TPSA) is 96.4 Å². The van der Waals surface area contributed by atoms with E-state index in [1.54, 1.807) is 31.5 Å². The number of carboxylic acids is 1. The van der Waals surface area contributed by atoms with E-state index in [1.165, 1.54) is 12.1 Å². The number of hydrogen-bond acceptors (Lipinski definition) is 5. The molecule has 1 unspecified atom stereocenters. The number of nitrogens with zero attached hydrogens (tertiary/aromatic N) is 1. The number of pyridine rings is 1. The highest BCUT2D eigenvalue weighted by Gasteiger charge is 2.21. The van der Waals surface area contributed by atoms with Crippen LogP contribution in [-0.2, 0) is 21.2 Å². The summed E-state index contributed by atoms with van der Waals surface area (Å²) in [5.41, 5.74) is 0.753. The molecule has 2 N–H and O–H groups in total. The largest absolute Gasteiger partial charge is 0.481 e. The van der Waals surface area contributed by atoms with Gasteiger partial charge in [0.15, 0.2) is 0 Å². The Morgan fingerprint density at radius 1 is 1.43 bits per heavy atom. The van der Waals surface area contributed by atoms with Crippen molar-refractivity contribution in [2.45, 2.75) is 23.6 Å². The van der Waals surface area contributed by atoms with Crippen LogP contribution in [0.4, 0.5) is 0 Å². The van der Waals surface area contributed by atoms with Gasteiger partial charge in [0.05, 0.1) is 6.42 Å². The second-order valence-corrected chi connectivity index (χ2v) is 7.53. The van der Waals surface area contributed by atoms with Gasteiger partial charge in [0, 0.05) is 23.3 Å². The molecule has 2 rings (SSSR count). The van der Waals surface area contributed by atoms with Crippen LogP contribution in [0.1, 0.15) is 23.4 Å². The maximum absolute atomic E-state index is 12.2. The zero-order valence-electron chi connectivity index (χ0n) is 11.2. The minimum atomic E-state index is -3.67. The second kappa shape index (κ2) is 6.33. The number of carboxylic acid groups (broad SMARTS) is 1. The van der Waals surface area contributed by atoms with Crippen LogP contribution in [0.25, 0.3) is 0 Å². The normalized spacial score (nSPS) is 13.0. The fourth-order valence-corrected chi connectivity index (χ4v) is 4.33. The van der Waals surface area contributed by atoms with E-state index >= 15 is 0 Å². The lowest BCUT2D eigenvalue weighted by atomic mass is 10.2. The summed E-state index contributed by atoms with van der Waals surface area (Å²) in [6.07, 6.45) is 3.03. The third-order valence-corrected chi connectivity index (χ3v) is 5.86. The molecule has 0 saturated carbocycles. The Morgan fingerprint density at radius 2 is 2.19 bits per heavy atom. The highest BCUT2D eigenvalue weighted by molar-refractivity contribution is 7.91. The average molecular weight is 326 g/mol. The van der Waals surface area contributed by atoms with Gasteiger partial charge < -0.3 is 5.11 Å². The molecule has 8 heteroatoms. The van der Waals surface area contributed by atoms with Crippen LogP contribution in [0.15, 0.2) is 40.9 Å². The Hall–Kier alpha value is -1.77. The van der Waals surface area contributed by atoms with Gasteiger partial charge in [0.25, 0.3) is 10.0 Å². The number of thiophene rings is 1. The smallest absolute Gasteiger partial charge is 0.308 e. The molecule has 0 fully saturated rings. The van der Waals surface area contributed by atoms with Crippen molar-refractivity contribution < 1.29 is 18.3 Å². The predicted octanol–water partition coefficient (Wildman–Crippen LogP) is 1.81. The highest BCUT2D eigenvalue weighted by atomic mass is 32.2. The zero-order chi connectivity index (χ0) is 15.5. The van der Waals surface area contributed by atoms with Gasteiger partial charge >= 0.3 is 5.97 Å². The molecule has 0 bridgehead atoms. The molecule has 0 saturated heterocycles. The van der Waals surface area contributed by atoms with Crippen LogP contribution in [0.5, 0.6) is 0 Å². The second-order valence-electron chi connectivity index (χ2n) is 4.42. The molecule has 21 heavy (non-hydrogen) atoms. The van der Waals surface area contributed by atoms with E-state index in [9.17, 15) is 13.2 Å². The van der Waals surface area contributed by atoms with E-state index in [1.807, 2.05) is 0 Å². The Kier molecular flexibility index (Phi) is 4.71. The minimum Gasteiger partial charge on any atom is -0.481 e. The van der Waals surface area contributed by atoms with E-state index in [0.717, 1.165) is 16.9 Å². The van der Waals surface area contributed by atoms with Gasteiger partial charge in [-0.15, -0.1) is 11.3 Å². The van der Waals surface area contributed by atoms with Gasteiger partial charge in [-0.3, -0.25) is 9.78 Å². The maximum atomic E-state index is 12.2. The molecule has 1 atom stereocenters. The molecular weight excluding hydrogens is 312 g/mol. The first kappa shape index (κ1) is 15.6. The fraction of sp³-hybridized carbons (Fsp3) is 0.231. The molecule has 6 nitrogen and oxygen atoms in total. The van der Waals surface area contributed by atoms with Gasteiger partial charge in [0.2, 0.25) is 0 Å². The molecule has 2 heterocycles. The van der Waals surface area contributed by atoms with E-state index in [-0.39, 0.29) is 10.6 Å². The number of carbonyl (C=O) groups is 1. The molecule has 0 radical (unpaired) electrons. The van der Waals surface area contributed by atoms with Gasteiger partial charge in [0.1, 0.15) is 4.21 Å². The van der Waals surface area contributed by atoms with Crippen molar-refractivity contribution in [3.63, 3.8) is 0 Å². The molecular formula is C13H14N2O4S2. The Balaban J connectivity index is 2.15. The van der Waals surface area contributed by atoms with Crippen LogP contribution in [0.3, 0.4) is 0 Å². The molecule has 0 aliphatic rings. The molecule has 0 aromatic carbocycles. The minimum absolute atomic E-state index is 0.106. The van der Waals surface area contributed by atoms with Crippen molar-refractivity contribution >= 4 is 27.3 Å². The quantitative estimate of drug-likeness (QED) is 0.844. The monoisotopic (exact) mass is 326 g/mol. The van der Waals surface area contributed by atoms with Crippen LogP contribution in [0.2, 0.25) is 0 Å². The Morgan fingerprint density at radius 3 is 2.81 bits per heavy atom. The summed E-state index contributed by atoms with van der Waals surface area (Å²) in [7, 11) is -3.67. The number of sulfonamides is 1. The molecule has 0 aliphatic heterocycles. The summed E-state index contributed by atoms with van der Waals surface area (Å²) in [6.45, 7) is 1.72. The summed E-state index contributed by atoms with van der Waals surface area (Å²) < 4.78 is 27.1. The van der Waals surface area contributed by atoms with Crippen molar-refractivity contribution in [1.82, 2.24) is 9.71 Å². The standard InChI is InChI=1S/C13H14N2O4S2/c1-9(10-3-2-6-14-8-10)15-21(18,19)13-5-4-11(20-13)7-12(16)17/h2-6,8-9,15H,7H2,1H3,(H,16,17). The number of hydrogen-bond donors (Lipinski definition) is 2. The summed E-state index contributed by atoms with van der Waals surface area (Å²) in [5.74, 6) is -0.988. The lowest BCUT2D eigenvalue weighted by molar-refractivity contribution is -0.136. The molecule has 0 amide bonds. The van der Waals surface area contributed by atoms with E-state index in [4.69, 9.17) is 5.11 Å². The lowest BCUT2D eigenvalue weighted by Gasteiger charge is -2.13. The number of nitrogens with one attached hydrogen (secondary N) is 1. The third kappa shape index (κ3) is 4.10. The van der Waals surface area contributed by atoms with E-state index in [0.29, 0.717) is 4.88 Å². The summed E-state index contributed by atoms with van der Waals surface area (Å²) in [5, 5.41) is 8.71. The van der Waals surface area contributed by atoms with Crippen molar-refractivity contribution in [3.8, 4) is 0 Å². The first-order valence-corrected chi connectivity index (χ1v) is 8.41. The molecule has 2 aromatic rings. The van der Waals surface area contributed by atoms with E-state index in [2.05, 4.69) is 9.71 Å². The first-order valence-electron chi connectivity index (χ1n) is 6.11. The Labute approximate surface area is 126 Å². The van der Waals surface area contributed by atoms with Crippen molar-refractivity contribution in [2.24, 2.45) is 0 Å². The Bertz CT molecular complexity index is 726. The van der Waals surface area contributed by atoms with Gasteiger partial charge in [-0.05, 0) is 30.7 Å². The number of rotatable bonds is 6. The lowest BCUT2D eigenvalue weighted by Crippen LogP contribution is -2.26. The third-order valence-electron chi connectivity index (χ3n) is 2.74. The zero-order valence-corrected chi connectivity index (χ0v) is 12.8. The van der Waals surface area contributed by atoms with E-state index < -0.39 is 22.0 Å².